The minimum absolute atomic E-state index is 0.119. The Hall–Kier alpha value is -0.570. The van der Waals surface area contributed by atoms with Crippen LogP contribution in [0.1, 0.15) is 60.3 Å². The molecular weight excluding hydrogens is 202 g/mol. The highest BCUT2D eigenvalue weighted by atomic mass is 16.6. The maximum absolute atomic E-state index is 11.4. The Morgan fingerprint density at radius 3 is 2.38 bits per heavy atom. The number of esters is 1. The number of carbonyl (C=O) groups is 1. The van der Waals surface area contributed by atoms with Crippen molar-refractivity contribution in [1.29, 1.82) is 0 Å². The fraction of sp³-hybridized carbons (Fsp3) is 0.923. The van der Waals surface area contributed by atoms with E-state index in [1.165, 1.54) is 12.8 Å². The molecule has 96 valence electrons. The van der Waals surface area contributed by atoms with E-state index < -0.39 is 0 Å². The van der Waals surface area contributed by atoms with Gasteiger partial charge in [-0.3, -0.25) is 4.79 Å². The molecule has 0 bridgehead atoms. The van der Waals surface area contributed by atoms with Crippen molar-refractivity contribution in [3.05, 3.63) is 0 Å². The summed E-state index contributed by atoms with van der Waals surface area (Å²) < 4.78 is 5.23. The fourth-order valence-electron chi connectivity index (χ4n) is 1.57. The smallest absolute Gasteiger partial charge is 0.307 e. The van der Waals surface area contributed by atoms with Crippen LogP contribution < -0.4 is 5.32 Å². The summed E-state index contributed by atoms with van der Waals surface area (Å²) in [5, 5.41) is 3.39. The summed E-state index contributed by atoms with van der Waals surface area (Å²) in [5.74, 6) is -0.119. The molecule has 0 heterocycles. The van der Waals surface area contributed by atoms with Crippen molar-refractivity contribution in [2.45, 2.75) is 71.9 Å². The number of hydrogen-bond donors (Lipinski definition) is 1. The number of ether oxygens (including phenoxy) is 1. The first kappa shape index (κ1) is 15.4. The molecule has 0 aliphatic heterocycles. The van der Waals surface area contributed by atoms with Gasteiger partial charge in [-0.2, -0.15) is 0 Å². The molecule has 0 saturated heterocycles. The summed E-state index contributed by atoms with van der Waals surface area (Å²) in [4.78, 5) is 11.4. The number of rotatable bonds is 7. The molecule has 1 atom stereocenters. The summed E-state index contributed by atoms with van der Waals surface area (Å²) in [6, 6.07) is 0.535. The first-order valence-electron chi connectivity index (χ1n) is 6.34. The fourth-order valence-corrected chi connectivity index (χ4v) is 1.57. The predicted octanol–water partition coefficient (Wildman–Crippen LogP) is 2.89. The third kappa shape index (κ3) is 8.72. The second kappa shape index (κ2) is 7.66. The first-order valence-corrected chi connectivity index (χ1v) is 6.34. The van der Waals surface area contributed by atoms with Crippen LogP contribution in [0.25, 0.3) is 0 Å². The van der Waals surface area contributed by atoms with E-state index >= 15 is 0 Å². The van der Waals surface area contributed by atoms with E-state index in [9.17, 15) is 4.79 Å². The molecule has 16 heavy (non-hydrogen) atoms. The Morgan fingerprint density at radius 2 is 1.94 bits per heavy atom. The van der Waals surface area contributed by atoms with Gasteiger partial charge in [0.15, 0.2) is 0 Å². The summed E-state index contributed by atoms with van der Waals surface area (Å²) >= 11 is 0. The zero-order valence-electron chi connectivity index (χ0n) is 11.4. The van der Waals surface area contributed by atoms with Gasteiger partial charge in [0.05, 0.1) is 6.42 Å². The van der Waals surface area contributed by atoms with Crippen molar-refractivity contribution in [2.24, 2.45) is 0 Å². The third-order valence-corrected chi connectivity index (χ3v) is 2.31. The second-order valence-corrected chi connectivity index (χ2v) is 5.18. The lowest BCUT2D eigenvalue weighted by molar-refractivity contribution is -0.154. The molecular formula is C13H27NO2. The van der Waals surface area contributed by atoms with Crippen molar-refractivity contribution in [3.63, 3.8) is 0 Å². The Morgan fingerprint density at radius 1 is 1.31 bits per heavy atom. The monoisotopic (exact) mass is 229 g/mol. The summed E-state index contributed by atoms with van der Waals surface area (Å²) in [7, 11) is 0. The molecule has 0 amide bonds. The van der Waals surface area contributed by atoms with Crippen molar-refractivity contribution in [2.75, 3.05) is 6.54 Å². The molecule has 0 spiro atoms. The number of hydrogen-bond acceptors (Lipinski definition) is 3. The average Bonchev–Trinajstić information content (AvgIpc) is 2.13. The highest BCUT2D eigenvalue weighted by Crippen LogP contribution is 2.08. The summed E-state index contributed by atoms with van der Waals surface area (Å²) in [5.41, 5.74) is -0.370. The first-order chi connectivity index (χ1) is 7.39. The quantitative estimate of drug-likeness (QED) is 0.682. The minimum Gasteiger partial charge on any atom is -0.460 e. The molecule has 0 rings (SSSR count). The van der Waals surface area contributed by atoms with Crippen LogP contribution in [0.4, 0.5) is 0 Å². The van der Waals surface area contributed by atoms with Crippen LogP contribution >= 0.6 is 0 Å². The molecule has 1 N–H and O–H groups in total. The van der Waals surface area contributed by atoms with Gasteiger partial charge in [0.1, 0.15) is 5.60 Å². The molecule has 0 fully saturated rings. The molecule has 0 aliphatic carbocycles. The van der Waals surface area contributed by atoms with Crippen LogP contribution in [0.15, 0.2) is 0 Å². The topological polar surface area (TPSA) is 38.3 Å². The molecule has 0 aliphatic rings. The third-order valence-electron chi connectivity index (χ3n) is 2.31. The van der Waals surface area contributed by atoms with Gasteiger partial charge in [0.2, 0.25) is 0 Å². The summed E-state index contributed by atoms with van der Waals surface area (Å²) in [6.45, 7) is 10.7. The second-order valence-electron chi connectivity index (χ2n) is 5.18. The molecule has 3 heteroatoms. The standard InChI is InChI=1S/C13H27NO2/c1-6-8-11(7-2)14-10-9-12(15)16-13(3,4)5/h11,14H,6-10H2,1-5H3. The van der Waals surface area contributed by atoms with Crippen molar-refractivity contribution >= 4 is 5.97 Å². The zero-order valence-corrected chi connectivity index (χ0v) is 11.4. The zero-order chi connectivity index (χ0) is 12.6. The van der Waals surface area contributed by atoms with Crippen molar-refractivity contribution < 1.29 is 9.53 Å². The number of nitrogens with one attached hydrogen (secondary N) is 1. The predicted molar refractivity (Wildman–Crippen MR) is 67.5 cm³/mol. The molecule has 0 aromatic carbocycles. The lowest BCUT2D eigenvalue weighted by Crippen LogP contribution is -2.32. The van der Waals surface area contributed by atoms with Crippen LogP contribution in [0.5, 0.6) is 0 Å². The van der Waals surface area contributed by atoms with Crippen LogP contribution in [-0.2, 0) is 9.53 Å². The summed E-state index contributed by atoms with van der Waals surface area (Å²) in [6.07, 6.45) is 3.92. The Labute approximate surface area is 99.9 Å². The van der Waals surface area contributed by atoms with Gasteiger partial charge in [-0.25, -0.2) is 0 Å². The Balaban J connectivity index is 3.68. The molecule has 3 nitrogen and oxygen atoms in total. The van der Waals surface area contributed by atoms with E-state index in [1.807, 2.05) is 20.8 Å². The van der Waals surface area contributed by atoms with Crippen LogP contribution in [0.2, 0.25) is 0 Å². The Bertz CT molecular complexity index is 197. The van der Waals surface area contributed by atoms with Crippen LogP contribution in [0, 0.1) is 0 Å². The highest BCUT2D eigenvalue weighted by molar-refractivity contribution is 5.70. The van der Waals surface area contributed by atoms with Crippen molar-refractivity contribution in [3.8, 4) is 0 Å². The van der Waals surface area contributed by atoms with E-state index in [0.29, 0.717) is 19.0 Å². The molecule has 0 aromatic heterocycles. The molecule has 0 saturated carbocycles. The van der Waals surface area contributed by atoms with Crippen LogP contribution in [-0.4, -0.2) is 24.2 Å². The van der Waals surface area contributed by atoms with E-state index in [4.69, 9.17) is 4.74 Å². The average molecular weight is 229 g/mol. The lowest BCUT2D eigenvalue weighted by Gasteiger charge is -2.20. The van der Waals surface area contributed by atoms with Gasteiger partial charge in [-0.05, 0) is 33.6 Å². The Kier molecular flexibility index (Phi) is 7.39. The number of carbonyl (C=O) groups excluding carboxylic acids is 1. The van der Waals surface area contributed by atoms with E-state index in [0.717, 1.165) is 6.42 Å². The molecule has 0 aromatic rings. The van der Waals surface area contributed by atoms with E-state index in [2.05, 4.69) is 19.2 Å². The lowest BCUT2D eigenvalue weighted by atomic mass is 10.1. The van der Waals surface area contributed by atoms with Gasteiger partial charge in [-0.15, -0.1) is 0 Å². The van der Waals surface area contributed by atoms with Gasteiger partial charge < -0.3 is 10.1 Å². The largest absolute Gasteiger partial charge is 0.460 e. The maximum atomic E-state index is 11.4. The van der Waals surface area contributed by atoms with E-state index in [1.54, 1.807) is 0 Å². The maximum Gasteiger partial charge on any atom is 0.307 e. The molecule has 1 unspecified atom stereocenters. The van der Waals surface area contributed by atoms with E-state index in [-0.39, 0.29) is 11.6 Å². The van der Waals surface area contributed by atoms with Gasteiger partial charge in [-0.1, -0.05) is 20.3 Å². The SMILES string of the molecule is CCCC(CC)NCCC(=O)OC(C)(C)C. The van der Waals surface area contributed by atoms with Gasteiger partial charge in [0.25, 0.3) is 0 Å². The normalized spacial score (nSPS) is 13.6. The minimum atomic E-state index is -0.370. The molecule has 0 radical (unpaired) electrons. The van der Waals surface area contributed by atoms with Gasteiger partial charge >= 0.3 is 5.97 Å². The highest BCUT2D eigenvalue weighted by Gasteiger charge is 2.15. The van der Waals surface area contributed by atoms with Gasteiger partial charge in [0, 0.05) is 12.6 Å². The van der Waals surface area contributed by atoms with Crippen LogP contribution in [0.3, 0.4) is 0 Å². The van der Waals surface area contributed by atoms with Crippen molar-refractivity contribution in [1.82, 2.24) is 5.32 Å².